The summed E-state index contributed by atoms with van der Waals surface area (Å²) in [4.78, 5) is 15.1. The summed E-state index contributed by atoms with van der Waals surface area (Å²) in [5.41, 5.74) is 2.78. The van der Waals surface area contributed by atoms with Crippen LogP contribution in [0.1, 0.15) is 31.7 Å². The Morgan fingerprint density at radius 2 is 2.24 bits per heavy atom. The zero-order chi connectivity index (χ0) is 18.8. The minimum absolute atomic E-state index is 0.0342. The first-order valence-electron chi connectivity index (χ1n) is 7.74. The van der Waals surface area contributed by atoms with Gasteiger partial charge in [0.2, 0.25) is 0 Å². The molecule has 5 heteroatoms. The molecule has 0 heterocycles. The van der Waals surface area contributed by atoms with Crippen molar-refractivity contribution >= 4 is 11.4 Å². The van der Waals surface area contributed by atoms with E-state index in [0.29, 0.717) is 12.0 Å². The molecule has 1 rings (SSSR count). The SMILES string of the molecule is C=C/C(=C\C(=C)C#N)CC(C(C)=N/C=C\C)c1cccc([N+](=O)[O-])c1. The zero-order valence-corrected chi connectivity index (χ0v) is 14.5. The van der Waals surface area contributed by atoms with Crippen molar-refractivity contribution in [3.05, 3.63) is 88.7 Å². The molecule has 1 unspecified atom stereocenters. The standard InChI is InChI=1S/C20H21N3O2/c1-5-10-22-16(4)20(12-17(6-2)11-15(3)14-21)18-8-7-9-19(13-18)23(24)25/h5-11,13,20H,2-3,12H2,1,4H3/b10-5-,17-11+,22-16?. The van der Waals surface area contributed by atoms with Crippen LogP contribution in [0.25, 0.3) is 0 Å². The van der Waals surface area contributed by atoms with Gasteiger partial charge in [0.25, 0.3) is 5.69 Å². The highest BCUT2D eigenvalue weighted by Crippen LogP contribution is 2.29. The highest BCUT2D eigenvalue weighted by molar-refractivity contribution is 5.89. The predicted molar refractivity (Wildman–Crippen MR) is 101 cm³/mol. The molecule has 5 nitrogen and oxygen atoms in total. The van der Waals surface area contributed by atoms with E-state index in [1.165, 1.54) is 6.07 Å². The summed E-state index contributed by atoms with van der Waals surface area (Å²) >= 11 is 0. The third-order valence-electron chi connectivity index (χ3n) is 3.62. The maximum Gasteiger partial charge on any atom is 0.269 e. The largest absolute Gasteiger partial charge is 0.269 e. The molecule has 25 heavy (non-hydrogen) atoms. The average molecular weight is 335 g/mol. The van der Waals surface area contributed by atoms with Crippen molar-refractivity contribution in [2.24, 2.45) is 4.99 Å². The van der Waals surface area contributed by atoms with Crippen LogP contribution in [0, 0.1) is 21.4 Å². The van der Waals surface area contributed by atoms with E-state index in [9.17, 15) is 10.1 Å². The average Bonchev–Trinajstić information content (AvgIpc) is 2.62. The van der Waals surface area contributed by atoms with Gasteiger partial charge in [-0.15, -0.1) is 0 Å². The summed E-state index contributed by atoms with van der Waals surface area (Å²) < 4.78 is 0. The van der Waals surface area contributed by atoms with E-state index in [0.717, 1.165) is 16.8 Å². The van der Waals surface area contributed by atoms with Gasteiger partial charge in [0.05, 0.1) is 11.0 Å². The number of non-ortho nitro benzene ring substituents is 1. The van der Waals surface area contributed by atoms with E-state index < -0.39 is 4.92 Å². The number of aliphatic imine (C=N–C) groups is 1. The van der Waals surface area contributed by atoms with E-state index in [4.69, 9.17) is 5.26 Å². The first-order valence-corrected chi connectivity index (χ1v) is 7.74. The van der Waals surface area contributed by atoms with Gasteiger partial charge in [-0.1, -0.05) is 37.4 Å². The lowest BCUT2D eigenvalue weighted by molar-refractivity contribution is -0.384. The molecule has 1 aromatic carbocycles. The van der Waals surface area contributed by atoms with E-state index >= 15 is 0 Å². The number of nitrogens with zero attached hydrogens (tertiary/aromatic N) is 3. The number of allylic oxidation sites excluding steroid dienone is 5. The Morgan fingerprint density at radius 3 is 2.80 bits per heavy atom. The number of nitro groups is 1. The molecule has 128 valence electrons. The lowest BCUT2D eigenvalue weighted by atomic mass is 9.87. The third-order valence-corrected chi connectivity index (χ3v) is 3.62. The minimum atomic E-state index is -0.416. The number of hydrogen-bond acceptors (Lipinski definition) is 4. The van der Waals surface area contributed by atoms with Crippen molar-refractivity contribution < 1.29 is 4.92 Å². The molecule has 0 aromatic heterocycles. The van der Waals surface area contributed by atoms with Crippen LogP contribution in [0.3, 0.4) is 0 Å². The van der Waals surface area contributed by atoms with Crippen LogP contribution in [0.2, 0.25) is 0 Å². The molecule has 0 aliphatic heterocycles. The van der Waals surface area contributed by atoms with Crippen LogP contribution >= 0.6 is 0 Å². The molecule has 1 aromatic rings. The molecule has 0 radical (unpaired) electrons. The fourth-order valence-electron chi connectivity index (χ4n) is 2.34. The summed E-state index contributed by atoms with van der Waals surface area (Å²) in [6.07, 6.45) is 7.34. The van der Waals surface area contributed by atoms with Crippen LogP contribution in [0.5, 0.6) is 0 Å². The van der Waals surface area contributed by atoms with Gasteiger partial charge in [0, 0.05) is 35.5 Å². The summed E-state index contributed by atoms with van der Waals surface area (Å²) in [7, 11) is 0. The van der Waals surface area contributed by atoms with E-state index in [2.05, 4.69) is 18.2 Å². The van der Waals surface area contributed by atoms with Crippen molar-refractivity contribution in [1.82, 2.24) is 0 Å². The molecule has 0 amide bonds. The van der Waals surface area contributed by atoms with Gasteiger partial charge < -0.3 is 0 Å². The molecule has 1 atom stereocenters. The van der Waals surface area contributed by atoms with Crippen molar-refractivity contribution in [3.63, 3.8) is 0 Å². The molecule has 0 saturated carbocycles. The Labute approximate surface area is 148 Å². The third kappa shape index (κ3) is 6.04. The molecule has 0 aliphatic carbocycles. The summed E-state index contributed by atoms with van der Waals surface area (Å²) in [5, 5.41) is 20.0. The summed E-state index contributed by atoms with van der Waals surface area (Å²) in [6.45, 7) is 11.2. The van der Waals surface area contributed by atoms with E-state index in [1.807, 2.05) is 32.1 Å². The van der Waals surface area contributed by atoms with E-state index in [-0.39, 0.29) is 11.6 Å². The van der Waals surface area contributed by atoms with Gasteiger partial charge in [-0.05, 0) is 37.5 Å². The van der Waals surface area contributed by atoms with Crippen LogP contribution in [-0.4, -0.2) is 10.6 Å². The van der Waals surface area contributed by atoms with Crippen LogP contribution in [0.15, 0.2) is 78.0 Å². The number of nitro benzene ring substituents is 1. The zero-order valence-electron chi connectivity index (χ0n) is 14.5. The van der Waals surface area contributed by atoms with Gasteiger partial charge >= 0.3 is 0 Å². The Balaban J connectivity index is 3.35. The second kappa shape index (κ2) is 9.78. The van der Waals surface area contributed by atoms with Gasteiger partial charge in [0.15, 0.2) is 0 Å². The first-order chi connectivity index (χ1) is 11.9. The highest BCUT2D eigenvalue weighted by Gasteiger charge is 2.19. The van der Waals surface area contributed by atoms with Gasteiger partial charge in [-0.3, -0.25) is 15.1 Å². The van der Waals surface area contributed by atoms with Crippen molar-refractivity contribution in [1.29, 1.82) is 5.26 Å². The fraction of sp³-hybridized carbons (Fsp3) is 0.200. The molecule has 0 saturated heterocycles. The minimum Gasteiger partial charge on any atom is -0.266 e. The monoisotopic (exact) mass is 335 g/mol. The first kappa shape index (κ1) is 19.8. The number of nitriles is 1. The molecular weight excluding hydrogens is 314 g/mol. The Kier molecular flexibility index (Phi) is 7.74. The molecule has 0 aliphatic rings. The molecule has 0 N–H and O–H groups in total. The van der Waals surface area contributed by atoms with Gasteiger partial charge in [-0.2, -0.15) is 5.26 Å². The topological polar surface area (TPSA) is 79.3 Å². The quantitative estimate of drug-likeness (QED) is 0.214. The molecular formula is C20H21N3O2. The fourth-order valence-corrected chi connectivity index (χ4v) is 2.34. The molecule has 0 fully saturated rings. The second-order valence-corrected chi connectivity index (χ2v) is 5.42. The number of rotatable bonds is 8. The van der Waals surface area contributed by atoms with Crippen LogP contribution in [-0.2, 0) is 0 Å². The number of benzene rings is 1. The smallest absolute Gasteiger partial charge is 0.266 e. The second-order valence-electron chi connectivity index (χ2n) is 5.42. The van der Waals surface area contributed by atoms with Gasteiger partial charge in [-0.25, -0.2) is 0 Å². The lowest BCUT2D eigenvalue weighted by Gasteiger charge is -2.18. The summed E-state index contributed by atoms with van der Waals surface area (Å²) in [6, 6.07) is 8.50. The molecule has 0 spiro atoms. The van der Waals surface area contributed by atoms with Crippen molar-refractivity contribution in [3.8, 4) is 6.07 Å². The van der Waals surface area contributed by atoms with Crippen LogP contribution < -0.4 is 0 Å². The van der Waals surface area contributed by atoms with Crippen molar-refractivity contribution in [2.45, 2.75) is 26.2 Å². The summed E-state index contributed by atoms with van der Waals surface area (Å²) in [5.74, 6) is -0.174. The molecule has 0 bridgehead atoms. The van der Waals surface area contributed by atoms with E-state index in [1.54, 1.807) is 30.5 Å². The number of hydrogen-bond donors (Lipinski definition) is 0. The van der Waals surface area contributed by atoms with Gasteiger partial charge in [0.1, 0.15) is 0 Å². The highest BCUT2D eigenvalue weighted by atomic mass is 16.6. The lowest BCUT2D eigenvalue weighted by Crippen LogP contribution is -2.10. The van der Waals surface area contributed by atoms with Crippen LogP contribution in [0.4, 0.5) is 5.69 Å². The van der Waals surface area contributed by atoms with Crippen molar-refractivity contribution in [2.75, 3.05) is 0 Å². The normalized spacial score (nSPS) is 13.3. The Hall–Kier alpha value is -3.26. The Bertz CT molecular complexity index is 795. The predicted octanol–water partition coefficient (Wildman–Crippen LogP) is 5.26. The maximum atomic E-state index is 11.1. The Morgan fingerprint density at radius 1 is 1.52 bits per heavy atom. The maximum absolute atomic E-state index is 11.1.